The lowest BCUT2D eigenvalue weighted by atomic mass is 10.0. The predicted octanol–water partition coefficient (Wildman–Crippen LogP) is 4.31. The Labute approximate surface area is 170 Å². The SMILES string of the molecule is CN(C)CC1COc2ccc(NC(=O)c3ccc(-c4ccccc4)cc3)cc2O1. The Kier molecular flexibility index (Phi) is 5.49. The number of anilines is 1. The number of benzene rings is 3. The Hall–Kier alpha value is -3.31. The van der Waals surface area contributed by atoms with Crippen LogP contribution in [0.2, 0.25) is 0 Å². The molecule has 1 N–H and O–H groups in total. The van der Waals surface area contributed by atoms with Gasteiger partial charge in [0.15, 0.2) is 11.5 Å². The van der Waals surface area contributed by atoms with Gasteiger partial charge >= 0.3 is 0 Å². The first-order valence-electron chi connectivity index (χ1n) is 9.63. The standard InChI is InChI=1S/C24H24N2O3/c1-26(2)15-21-16-28-22-13-12-20(14-23(22)29-21)25-24(27)19-10-8-18(9-11-19)17-6-4-3-5-7-17/h3-14,21H,15-16H2,1-2H3,(H,25,27). The van der Waals surface area contributed by atoms with Gasteiger partial charge in [-0.05, 0) is 49.5 Å². The van der Waals surface area contributed by atoms with Gasteiger partial charge in [-0.15, -0.1) is 0 Å². The molecule has 0 saturated carbocycles. The van der Waals surface area contributed by atoms with Crippen LogP contribution in [0.3, 0.4) is 0 Å². The van der Waals surface area contributed by atoms with Gasteiger partial charge in [0.1, 0.15) is 12.7 Å². The average Bonchev–Trinajstić information content (AvgIpc) is 2.74. The van der Waals surface area contributed by atoms with Gasteiger partial charge in [0, 0.05) is 23.9 Å². The second-order valence-electron chi connectivity index (χ2n) is 7.37. The number of likely N-dealkylation sites (N-methyl/N-ethyl adjacent to an activating group) is 1. The predicted molar refractivity (Wildman–Crippen MR) is 115 cm³/mol. The van der Waals surface area contributed by atoms with Crippen molar-refractivity contribution in [2.75, 3.05) is 32.6 Å². The molecule has 1 aliphatic rings. The Morgan fingerprint density at radius 3 is 2.41 bits per heavy atom. The first-order chi connectivity index (χ1) is 14.1. The summed E-state index contributed by atoms with van der Waals surface area (Å²) in [4.78, 5) is 14.7. The minimum atomic E-state index is -0.161. The molecule has 3 aromatic rings. The van der Waals surface area contributed by atoms with Crippen molar-refractivity contribution in [3.63, 3.8) is 0 Å². The van der Waals surface area contributed by atoms with Gasteiger partial charge in [-0.2, -0.15) is 0 Å². The number of fused-ring (bicyclic) bond motifs is 1. The molecule has 0 radical (unpaired) electrons. The summed E-state index contributed by atoms with van der Waals surface area (Å²) in [5.41, 5.74) is 3.48. The summed E-state index contributed by atoms with van der Waals surface area (Å²) < 4.78 is 11.8. The highest BCUT2D eigenvalue weighted by Crippen LogP contribution is 2.34. The number of carbonyl (C=O) groups is 1. The van der Waals surface area contributed by atoms with Crippen LogP contribution in [0.25, 0.3) is 11.1 Å². The Bertz CT molecular complexity index is 985. The number of hydrogen-bond acceptors (Lipinski definition) is 4. The molecule has 0 bridgehead atoms. The molecule has 5 nitrogen and oxygen atoms in total. The molecule has 0 aliphatic carbocycles. The highest BCUT2D eigenvalue weighted by Gasteiger charge is 2.22. The minimum absolute atomic E-state index is 0.0333. The van der Waals surface area contributed by atoms with Crippen LogP contribution in [0.5, 0.6) is 11.5 Å². The summed E-state index contributed by atoms with van der Waals surface area (Å²) in [5.74, 6) is 1.19. The maximum Gasteiger partial charge on any atom is 0.255 e. The van der Waals surface area contributed by atoms with Gasteiger partial charge in [0.05, 0.1) is 0 Å². The highest BCUT2D eigenvalue weighted by molar-refractivity contribution is 6.04. The van der Waals surface area contributed by atoms with E-state index in [-0.39, 0.29) is 12.0 Å². The number of ether oxygens (including phenoxy) is 2. The van der Waals surface area contributed by atoms with E-state index in [0.29, 0.717) is 29.4 Å². The van der Waals surface area contributed by atoms with E-state index in [1.165, 1.54) is 0 Å². The van der Waals surface area contributed by atoms with Gasteiger partial charge < -0.3 is 19.7 Å². The smallest absolute Gasteiger partial charge is 0.255 e. The van der Waals surface area contributed by atoms with Crippen LogP contribution in [-0.2, 0) is 0 Å². The lowest BCUT2D eigenvalue weighted by molar-refractivity contribution is 0.0711. The number of carbonyl (C=O) groups excluding carboxylic acids is 1. The lowest BCUT2D eigenvalue weighted by Gasteiger charge is -2.28. The Balaban J connectivity index is 1.45. The Morgan fingerprint density at radius 2 is 1.69 bits per heavy atom. The summed E-state index contributed by atoms with van der Waals surface area (Å²) in [6, 6.07) is 23.1. The van der Waals surface area contributed by atoms with Crippen LogP contribution in [0.4, 0.5) is 5.69 Å². The van der Waals surface area contributed by atoms with Crippen molar-refractivity contribution in [2.45, 2.75) is 6.10 Å². The molecular formula is C24H24N2O3. The monoisotopic (exact) mass is 388 g/mol. The summed E-state index contributed by atoms with van der Waals surface area (Å²) >= 11 is 0. The summed E-state index contributed by atoms with van der Waals surface area (Å²) in [6.07, 6.45) is -0.0333. The van der Waals surface area contributed by atoms with Gasteiger partial charge in [0.25, 0.3) is 5.91 Å². The molecule has 1 amide bonds. The first kappa shape index (κ1) is 19.0. The van der Waals surface area contributed by atoms with Crippen molar-refractivity contribution in [3.05, 3.63) is 78.4 Å². The second-order valence-corrected chi connectivity index (χ2v) is 7.37. The number of nitrogens with zero attached hydrogens (tertiary/aromatic N) is 1. The van der Waals surface area contributed by atoms with Crippen molar-refractivity contribution in [2.24, 2.45) is 0 Å². The number of amides is 1. The fourth-order valence-corrected chi connectivity index (χ4v) is 3.34. The quantitative estimate of drug-likeness (QED) is 0.708. The molecule has 3 aromatic carbocycles. The molecule has 0 saturated heterocycles. The fourth-order valence-electron chi connectivity index (χ4n) is 3.34. The summed E-state index contributed by atoms with van der Waals surface area (Å²) in [7, 11) is 4.00. The molecule has 1 atom stereocenters. The summed E-state index contributed by atoms with van der Waals surface area (Å²) in [6.45, 7) is 1.29. The van der Waals surface area contributed by atoms with Crippen molar-refractivity contribution in [1.82, 2.24) is 4.90 Å². The van der Waals surface area contributed by atoms with Gasteiger partial charge in [-0.25, -0.2) is 0 Å². The molecule has 0 spiro atoms. The van der Waals surface area contributed by atoms with Crippen LogP contribution in [0, 0.1) is 0 Å². The molecule has 1 aliphatic heterocycles. The zero-order valence-corrected chi connectivity index (χ0v) is 16.6. The van der Waals surface area contributed by atoms with Crippen LogP contribution in [0.15, 0.2) is 72.8 Å². The average molecular weight is 388 g/mol. The normalized spacial score (nSPS) is 15.2. The number of nitrogens with one attached hydrogen (secondary N) is 1. The third kappa shape index (κ3) is 4.58. The largest absolute Gasteiger partial charge is 0.486 e. The third-order valence-corrected chi connectivity index (χ3v) is 4.74. The van der Waals surface area contributed by atoms with E-state index in [1.54, 1.807) is 0 Å². The fraction of sp³-hybridized carbons (Fsp3) is 0.208. The molecule has 29 heavy (non-hydrogen) atoms. The van der Waals surface area contributed by atoms with Crippen molar-refractivity contribution in [1.29, 1.82) is 0 Å². The summed E-state index contributed by atoms with van der Waals surface area (Å²) in [5, 5.41) is 2.94. The molecule has 5 heteroatoms. The van der Waals surface area contributed by atoms with Gasteiger partial charge in [0.2, 0.25) is 0 Å². The van der Waals surface area contributed by atoms with E-state index in [2.05, 4.69) is 10.2 Å². The maximum atomic E-state index is 12.6. The molecule has 1 heterocycles. The molecule has 148 valence electrons. The van der Waals surface area contributed by atoms with E-state index >= 15 is 0 Å². The van der Waals surface area contributed by atoms with Crippen LogP contribution in [-0.4, -0.2) is 44.2 Å². The maximum absolute atomic E-state index is 12.6. The van der Waals surface area contributed by atoms with Crippen molar-refractivity contribution >= 4 is 11.6 Å². The van der Waals surface area contributed by atoms with Crippen LogP contribution >= 0.6 is 0 Å². The Morgan fingerprint density at radius 1 is 0.966 bits per heavy atom. The molecular weight excluding hydrogens is 364 g/mol. The van der Waals surface area contributed by atoms with Crippen molar-refractivity contribution in [3.8, 4) is 22.6 Å². The topological polar surface area (TPSA) is 50.8 Å². The second kappa shape index (κ2) is 8.37. The van der Waals surface area contributed by atoms with E-state index in [9.17, 15) is 4.79 Å². The first-order valence-corrected chi connectivity index (χ1v) is 9.63. The van der Waals surface area contributed by atoms with Crippen molar-refractivity contribution < 1.29 is 14.3 Å². The third-order valence-electron chi connectivity index (χ3n) is 4.74. The van der Waals surface area contributed by atoms with E-state index in [0.717, 1.165) is 17.7 Å². The molecule has 0 fully saturated rings. The minimum Gasteiger partial charge on any atom is -0.486 e. The highest BCUT2D eigenvalue weighted by atomic mass is 16.6. The van der Waals surface area contributed by atoms with Crippen LogP contribution in [0.1, 0.15) is 10.4 Å². The van der Waals surface area contributed by atoms with E-state index in [4.69, 9.17) is 9.47 Å². The van der Waals surface area contributed by atoms with Gasteiger partial charge in [-0.3, -0.25) is 4.79 Å². The lowest BCUT2D eigenvalue weighted by Crippen LogP contribution is -2.38. The molecule has 4 rings (SSSR count). The zero-order chi connectivity index (χ0) is 20.2. The molecule has 0 aromatic heterocycles. The molecule has 1 unspecified atom stereocenters. The van der Waals surface area contributed by atoms with Gasteiger partial charge in [-0.1, -0.05) is 42.5 Å². The number of hydrogen-bond donors (Lipinski definition) is 1. The number of rotatable bonds is 5. The van der Waals surface area contributed by atoms with E-state index in [1.807, 2.05) is 86.9 Å². The van der Waals surface area contributed by atoms with E-state index < -0.39 is 0 Å². The zero-order valence-electron chi connectivity index (χ0n) is 16.6. The van der Waals surface area contributed by atoms with Crippen LogP contribution < -0.4 is 14.8 Å².